The first-order chi connectivity index (χ1) is 18.8. The Bertz CT molecular complexity index is 1490. The van der Waals surface area contributed by atoms with Gasteiger partial charge in [-0.2, -0.15) is 0 Å². The molecule has 0 fully saturated rings. The summed E-state index contributed by atoms with van der Waals surface area (Å²) in [4.78, 5) is 46.6. The van der Waals surface area contributed by atoms with E-state index < -0.39 is 0 Å². The molecule has 4 aromatic rings. The number of Topliss-reactive ketones (excluding diaryl/α,β-unsaturated/α-hetero) is 1. The number of imidazole rings is 1. The van der Waals surface area contributed by atoms with Crippen LogP contribution in [0.1, 0.15) is 54.5 Å². The maximum Gasteiger partial charge on any atom is 0.250 e. The Labute approximate surface area is 226 Å². The van der Waals surface area contributed by atoms with Crippen molar-refractivity contribution in [3.8, 4) is 17.0 Å². The molecule has 0 spiro atoms. The lowest BCUT2D eigenvalue weighted by Gasteiger charge is -2.18. The van der Waals surface area contributed by atoms with Crippen molar-refractivity contribution in [2.45, 2.75) is 38.1 Å². The molecule has 1 atom stereocenters. The maximum atomic E-state index is 12.6. The van der Waals surface area contributed by atoms with Gasteiger partial charge in [-0.1, -0.05) is 18.0 Å². The van der Waals surface area contributed by atoms with Crippen LogP contribution in [-0.4, -0.2) is 64.0 Å². The fourth-order valence-electron chi connectivity index (χ4n) is 4.53. The molecule has 2 N–H and O–H groups in total. The second-order valence-corrected chi connectivity index (χ2v) is 9.79. The van der Waals surface area contributed by atoms with E-state index in [1.54, 1.807) is 37.1 Å². The minimum Gasteiger partial charge on any atom is -0.496 e. The van der Waals surface area contributed by atoms with Crippen LogP contribution in [0.3, 0.4) is 0 Å². The molecule has 0 aliphatic heterocycles. The van der Waals surface area contributed by atoms with E-state index in [2.05, 4.69) is 20.4 Å². The van der Waals surface area contributed by atoms with Gasteiger partial charge in [-0.3, -0.25) is 14.4 Å². The van der Waals surface area contributed by atoms with Gasteiger partial charge in [0.1, 0.15) is 23.5 Å². The molecule has 3 heterocycles. The number of carbonyl (C=O) groups excluding carboxylic acids is 2. The normalized spacial score (nSPS) is 12.1. The van der Waals surface area contributed by atoms with E-state index in [-0.39, 0.29) is 29.8 Å². The number of aryl methyl sites for hydroxylation is 1. The molecular weight excluding hydrogens is 500 g/mol. The van der Waals surface area contributed by atoms with Crippen LogP contribution in [0, 0.1) is 0 Å². The number of aromatic amines is 1. The summed E-state index contributed by atoms with van der Waals surface area (Å²) in [5, 5.41) is 7.67. The van der Waals surface area contributed by atoms with E-state index in [1.165, 1.54) is 12.3 Å². The molecule has 11 nitrogen and oxygen atoms in total. The predicted octanol–water partition coefficient (Wildman–Crippen LogP) is 3.48. The molecule has 39 heavy (non-hydrogen) atoms. The lowest BCUT2D eigenvalue weighted by atomic mass is 10.0. The third-order valence-electron chi connectivity index (χ3n) is 6.58. The van der Waals surface area contributed by atoms with Crippen LogP contribution in [0.15, 0.2) is 52.1 Å². The van der Waals surface area contributed by atoms with E-state index in [1.807, 2.05) is 31.1 Å². The SMILES string of the molecule is COc1cc2c(ccc(=O)n2C)cc1-c1cnc([C@H](CCCCCC(=O)c2ccon2)NC(=O)CN(C)C)[nH]1. The van der Waals surface area contributed by atoms with Gasteiger partial charge < -0.3 is 29.0 Å². The fourth-order valence-corrected chi connectivity index (χ4v) is 4.53. The number of nitrogens with one attached hydrogen (secondary N) is 2. The Kier molecular flexibility index (Phi) is 8.92. The lowest BCUT2D eigenvalue weighted by Crippen LogP contribution is -2.36. The van der Waals surface area contributed by atoms with Crippen LogP contribution >= 0.6 is 0 Å². The minimum atomic E-state index is -0.329. The highest BCUT2D eigenvalue weighted by Crippen LogP contribution is 2.33. The van der Waals surface area contributed by atoms with Crippen molar-refractivity contribution in [1.29, 1.82) is 0 Å². The molecule has 206 valence electrons. The van der Waals surface area contributed by atoms with Gasteiger partial charge in [-0.25, -0.2) is 4.98 Å². The van der Waals surface area contributed by atoms with Crippen LogP contribution in [0.4, 0.5) is 0 Å². The van der Waals surface area contributed by atoms with Crippen molar-refractivity contribution in [1.82, 2.24) is 29.9 Å². The lowest BCUT2D eigenvalue weighted by molar-refractivity contribution is -0.122. The summed E-state index contributed by atoms with van der Waals surface area (Å²) in [6.07, 6.45) is 6.48. The van der Waals surface area contributed by atoms with Gasteiger partial charge >= 0.3 is 0 Å². The number of carbonyl (C=O) groups is 2. The van der Waals surface area contributed by atoms with E-state index in [0.717, 1.165) is 35.0 Å². The van der Waals surface area contributed by atoms with Crippen LogP contribution in [-0.2, 0) is 11.8 Å². The van der Waals surface area contributed by atoms with Crippen molar-refractivity contribution in [3.05, 3.63) is 64.7 Å². The van der Waals surface area contributed by atoms with Crippen molar-refractivity contribution in [2.75, 3.05) is 27.7 Å². The second kappa shape index (κ2) is 12.5. The first-order valence-electron chi connectivity index (χ1n) is 12.9. The third-order valence-corrected chi connectivity index (χ3v) is 6.58. The number of nitrogens with zero attached hydrogens (tertiary/aromatic N) is 4. The predicted molar refractivity (Wildman–Crippen MR) is 147 cm³/mol. The summed E-state index contributed by atoms with van der Waals surface area (Å²) < 4.78 is 12.0. The second-order valence-electron chi connectivity index (χ2n) is 9.79. The summed E-state index contributed by atoms with van der Waals surface area (Å²) in [5.41, 5.74) is 2.55. The highest BCUT2D eigenvalue weighted by atomic mass is 16.5. The van der Waals surface area contributed by atoms with Gasteiger partial charge in [0.15, 0.2) is 5.78 Å². The molecule has 3 aromatic heterocycles. The van der Waals surface area contributed by atoms with Crippen molar-refractivity contribution < 1.29 is 18.8 Å². The molecule has 0 bridgehead atoms. The first-order valence-corrected chi connectivity index (χ1v) is 12.9. The molecular formula is C28H34N6O5. The van der Waals surface area contributed by atoms with E-state index in [0.29, 0.717) is 36.5 Å². The number of ether oxygens (including phenoxy) is 1. The summed E-state index contributed by atoms with van der Waals surface area (Å²) in [5.74, 6) is 1.09. The molecule has 0 radical (unpaired) electrons. The topological polar surface area (TPSA) is 135 Å². The number of hydrogen-bond acceptors (Lipinski definition) is 8. The standard InChI is InChI=1S/C28H34N6O5/c1-33(2)17-26(36)30-21(8-6-5-7-9-24(35)20-12-13-39-32-20)28-29-16-22(31-28)19-14-18-10-11-27(37)34(3)23(18)15-25(19)38-4/h10-16,21H,5-9,17H2,1-4H3,(H,29,31)(H,30,36)/t21-/m0/s1. The van der Waals surface area contributed by atoms with Crippen LogP contribution in [0.2, 0.25) is 0 Å². The van der Waals surface area contributed by atoms with Crippen LogP contribution in [0.25, 0.3) is 22.2 Å². The number of fused-ring (bicyclic) bond motifs is 1. The van der Waals surface area contributed by atoms with Gasteiger partial charge in [0.05, 0.1) is 37.1 Å². The Morgan fingerprint density at radius 1 is 1.18 bits per heavy atom. The smallest absolute Gasteiger partial charge is 0.250 e. The molecule has 0 unspecified atom stereocenters. The Morgan fingerprint density at radius 2 is 2.00 bits per heavy atom. The highest BCUT2D eigenvalue weighted by molar-refractivity contribution is 5.93. The number of hydrogen-bond donors (Lipinski definition) is 2. The number of likely N-dealkylation sites (N-methyl/N-ethyl adjacent to an activating group) is 1. The van der Waals surface area contributed by atoms with E-state index in [9.17, 15) is 14.4 Å². The third kappa shape index (κ3) is 6.80. The fraction of sp³-hybridized carbons (Fsp3) is 0.393. The molecule has 0 aliphatic carbocycles. The number of amides is 1. The number of aromatic nitrogens is 4. The largest absolute Gasteiger partial charge is 0.496 e. The van der Waals surface area contributed by atoms with Crippen molar-refractivity contribution >= 4 is 22.6 Å². The summed E-state index contributed by atoms with van der Waals surface area (Å²) in [7, 11) is 6.99. The van der Waals surface area contributed by atoms with Crippen molar-refractivity contribution in [2.24, 2.45) is 7.05 Å². The highest BCUT2D eigenvalue weighted by Gasteiger charge is 2.20. The van der Waals surface area contributed by atoms with Crippen LogP contribution in [0.5, 0.6) is 5.75 Å². The summed E-state index contributed by atoms with van der Waals surface area (Å²) in [6, 6.07) is 8.35. The van der Waals surface area contributed by atoms with Gasteiger partial charge in [0.2, 0.25) is 5.91 Å². The molecule has 1 aromatic carbocycles. The number of pyridine rings is 1. The maximum absolute atomic E-state index is 12.6. The molecule has 0 saturated heterocycles. The summed E-state index contributed by atoms with van der Waals surface area (Å²) >= 11 is 0. The number of unbranched alkanes of at least 4 members (excludes halogenated alkanes) is 2. The molecule has 0 aliphatic rings. The van der Waals surface area contributed by atoms with Gasteiger partial charge in [-0.15, -0.1) is 0 Å². The average molecular weight is 535 g/mol. The monoisotopic (exact) mass is 534 g/mol. The van der Waals surface area contributed by atoms with Gasteiger partial charge in [0.25, 0.3) is 5.56 Å². The molecule has 4 rings (SSSR count). The van der Waals surface area contributed by atoms with Crippen molar-refractivity contribution in [3.63, 3.8) is 0 Å². The summed E-state index contributed by atoms with van der Waals surface area (Å²) in [6.45, 7) is 0.257. The van der Waals surface area contributed by atoms with Gasteiger partial charge in [-0.05, 0) is 44.5 Å². The Balaban J connectivity index is 1.50. The van der Waals surface area contributed by atoms with Crippen LogP contribution < -0.4 is 15.6 Å². The number of ketones is 1. The number of H-pyrrole nitrogens is 1. The zero-order valence-electron chi connectivity index (χ0n) is 22.7. The number of methoxy groups -OCH3 is 1. The van der Waals surface area contributed by atoms with E-state index >= 15 is 0 Å². The molecule has 11 heteroatoms. The van der Waals surface area contributed by atoms with Gasteiger partial charge in [0, 0.05) is 37.2 Å². The molecule has 1 amide bonds. The minimum absolute atomic E-state index is 0.0420. The number of rotatable bonds is 13. The quantitative estimate of drug-likeness (QED) is 0.197. The molecule has 0 saturated carbocycles. The zero-order chi connectivity index (χ0) is 27.9. The zero-order valence-corrected chi connectivity index (χ0v) is 22.7. The first kappa shape index (κ1) is 27.8. The Morgan fingerprint density at radius 3 is 2.72 bits per heavy atom. The number of benzene rings is 1. The Hall–Kier alpha value is -4.25. The van der Waals surface area contributed by atoms with E-state index in [4.69, 9.17) is 9.26 Å². The average Bonchev–Trinajstić information content (AvgIpc) is 3.62.